The third kappa shape index (κ3) is 6.16. The van der Waals surface area contributed by atoms with Crippen molar-refractivity contribution < 1.29 is 19.1 Å². The molecule has 1 aliphatic rings. The molecule has 2 amide bonds. The zero-order chi connectivity index (χ0) is 20.8. The van der Waals surface area contributed by atoms with Crippen molar-refractivity contribution in [3.8, 4) is 0 Å². The maximum atomic E-state index is 12.4. The Morgan fingerprint density at radius 3 is 2.79 bits per heavy atom. The molecule has 2 N–H and O–H groups in total. The van der Waals surface area contributed by atoms with Gasteiger partial charge in [0.15, 0.2) is 0 Å². The van der Waals surface area contributed by atoms with Crippen LogP contribution < -0.4 is 10.6 Å². The van der Waals surface area contributed by atoms with Gasteiger partial charge in [-0.1, -0.05) is 20.8 Å². The average Bonchev–Trinajstić information content (AvgIpc) is 2.62. The van der Waals surface area contributed by atoms with Gasteiger partial charge < -0.3 is 15.4 Å². The number of methoxy groups -OCH3 is 1. The zero-order valence-corrected chi connectivity index (χ0v) is 16.9. The predicted octanol–water partition coefficient (Wildman–Crippen LogP) is 2.59. The summed E-state index contributed by atoms with van der Waals surface area (Å²) in [5.41, 5.74) is 0.815. The summed E-state index contributed by atoms with van der Waals surface area (Å²) in [6.45, 7) is 7.00. The van der Waals surface area contributed by atoms with Crippen LogP contribution >= 0.6 is 0 Å². The average molecular weight is 388 g/mol. The number of nitrogens with zero attached hydrogens (tertiary/aromatic N) is 2. The molecule has 0 bridgehead atoms. The molecule has 0 aliphatic heterocycles. The highest BCUT2D eigenvalue weighted by Crippen LogP contribution is 2.46. The van der Waals surface area contributed by atoms with E-state index in [9.17, 15) is 14.4 Å². The Morgan fingerprint density at radius 1 is 1.36 bits per heavy atom. The van der Waals surface area contributed by atoms with Gasteiger partial charge >= 0.3 is 12.0 Å². The Morgan fingerprint density at radius 2 is 2.11 bits per heavy atom. The van der Waals surface area contributed by atoms with Crippen molar-refractivity contribution in [3.05, 3.63) is 29.6 Å². The highest BCUT2D eigenvalue weighted by atomic mass is 16.5. The summed E-state index contributed by atoms with van der Waals surface area (Å²) in [6, 6.07) is 2.83. The number of rotatable bonds is 6. The van der Waals surface area contributed by atoms with E-state index in [1.165, 1.54) is 13.3 Å². The van der Waals surface area contributed by atoms with Crippen molar-refractivity contribution in [3.63, 3.8) is 0 Å². The number of urea groups is 1. The molecular weight excluding hydrogens is 360 g/mol. The number of hydrogen-bond donors (Lipinski definition) is 2. The first kappa shape index (κ1) is 21.6. The first-order valence-corrected chi connectivity index (χ1v) is 9.28. The van der Waals surface area contributed by atoms with E-state index in [1.807, 2.05) is 0 Å². The largest absolute Gasteiger partial charge is 0.465 e. The van der Waals surface area contributed by atoms with E-state index in [1.54, 1.807) is 18.2 Å². The van der Waals surface area contributed by atoms with Crippen LogP contribution in [0.1, 0.15) is 56.1 Å². The van der Waals surface area contributed by atoms with Gasteiger partial charge in [-0.15, -0.1) is 0 Å². The molecule has 2 unspecified atom stereocenters. The highest BCUT2D eigenvalue weighted by Gasteiger charge is 2.41. The van der Waals surface area contributed by atoms with E-state index in [-0.39, 0.29) is 29.4 Å². The summed E-state index contributed by atoms with van der Waals surface area (Å²) >= 11 is 0. The van der Waals surface area contributed by atoms with Gasteiger partial charge in [0.1, 0.15) is 0 Å². The van der Waals surface area contributed by atoms with E-state index in [0.717, 1.165) is 19.3 Å². The van der Waals surface area contributed by atoms with E-state index < -0.39 is 5.97 Å². The monoisotopic (exact) mass is 388 g/mol. The van der Waals surface area contributed by atoms with Crippen LogP contribution in [-0.2, 0) is 16.1 Å². The van der Waals surface area contributed by atoms with Gasteiger partial charge in [0.25, 0.3) is 0 Å². The van der Waals surface area contributed by atoms with Crippen LogP contribution in [0.4, 0.5) is 4.79 Å². The first-order chi connectivity index (χ1) is 13.2. The van der Waals surface area contributed by atoms with E-state index in [4.69, 9.17) is 0 Å². The molecule has 0 aromatic carbocycles. The van der Waals surface area contributed by atoms with E-state index in [2.05, 4.69) is 46.1 Å². The van der Waals surface area contributed by atoms with Gasteiger partial charge in [0.05, 0.1) is 31.5 Å². The number of isocyanates is 1. The van der Waals surface area contributed by atoms with Crippen LogP contribution in [0.2, 0.25) is 0 Å². The molecule has 1 aromatic rings. The maximum Gasteiger partial charge on any atom is 0.337 e. The number of carbonyl (C=O) groups is 2. The van der Waals surface area contributed by atoms with Crippen molar-refractivity contribution in [2.75, 3.05) is 13.7 Å². The van der Waals surface area contributed by atoms with E-state index >= 15 is 0 Å². The van der Waals surface area contributed by atoms with Gasteiger partial charge in [0, 0.05) is 12.2 Å². The van der Waals surface area contributed by atoms with Gasteiger partial charge in [-0.2, -0.15) is 0 Å². The van der Waals surface area contributed by atoms with Crippen molar-refractivity contribution in [2.45, 2.75) is 52.6 Å². The van der Waals surface area contributed by atoms with Crippen LogP contribution in [0, 0.1) is 10.8 Å². The van der Waals surface area contributed by atoms with Gasteiger partial charge in [-0.05, 0) is 42.2 Å². The molecule has 1 fully saturated rings. The Labute approximate surface area is 165 Å². The molecule has 8 heteroatoms. The van der Waals surface area contributed by atoms with Crippen molar-refractivity contribution in [1.82, 2.24) is 15.6 Å². The SMILES string of the molecule is COC(=O)c1ccnc(CNC(=O)NC2CC(C)(C)CC(C)(CN=C=O)C2)c1. The van der Waals surface area contributed by atoms with Crippen LogP contribution in [0.5, 0.6) is 0 Å². The lowest BCUT2D eigenvalue weighted by atomic mass is 9.62. The second-order valence-electron chi connectivity index (χ2n) is 8.52. The Kier molecular flexibility index (Phi) is 6.91. The fourth-order valence-electron chi connectivity index (χ4n) is 4.31. The number of amides is 2. The Balaban J connectivity index is 1.95. The summed E-state index contributed by atoms with van der Waals surface area (Å²) < 4.78 is 4.69. The Bertz CT molecular complexity index is 773. The molecule has 1 aromatic heterocycles. The van der Waals surface area contributed by atoms with Crippen LogP contribution in [0.15, 0.2) is 23.3 Å². The molecular formula is C20H28N4O4. The molecule has 152 valence electrons. The molecule has 2 atom stereocenters. The zero-order valence-electron chi connectivity index (χ0n) is 16.9. The van der Waals surface area contributed by atoms with Crippen molar-refractivity contribution in [1.29, 1.82) is 0 Å². The molecule has 2 rings (SSSR count). The lowest BCUT2D eigenvalue weighted by Gasteiger charge is -2.46. The Hall–Kier alpha value is -2.73. The predicted molar refractivity (Wildman–Crippen MR) is 103 cm³/mol. The fraction of sp³-hybridized carbons (Fsp3) is 0.600. The van der Waals surface area contributed by atoms with Crippen LogP contribution in [-0.4, -0.2) is 42.8 Å². The minimum atomic E-state index is -0.449. The smallest absolute Gasteiger partial charge is 0.337 e. The second-order valence-corrected chi connectivity index (χ2v) is 8.52. The molecule has 28 heavy (non-hydrogen) atoms. The molecule has 1 heterocycles. The normalized spacial score (nSPS) is 23.2. The topological polar surface area (TPSA) is 110 Å². The number of hydrogen-bond acceptors (Lipinski definition) is 6. The van der Waals surface area contributed by atoms with Crippen LogP contribution in [0.3, 0.4) is 0 Å². The lowest BCUT2D eigenvalue weighted by molar-refractivity contribution is 0.0600. The van der Waals surface area contributed by atoms with Gasteiger partial charge in [-0.3, -0.25) is 4.98 Å². The summed E-state index contributed by atoms with van der Waals surface area (Å²) in [7, 11) is 1.31. The molecule has 1 saturated carbocycles. The number of pyridine rings is 1. The van der Waals surface area contributed by atoms with Gasteiger partial charge in [0.2, 0.25) is 6.08 Å². The second kappa shape index (κ2) is 8.97. The highest BCUT2D eigenvalue weighted by molar-refractivity contribution is 5.89. The third-order valence-electron chi connectivity index (χ3n) is 4.97. The minimum Gasteiger partial charge on any atom is -0.465 e. The minimum absolute atomic E-state index is 0.0232. The first-order valence-electron chi connectivity index (χ1n) is 9.28. The summed E-state index contributed by atoms with van der Waals surface area (Å²) in [5, 5.41) is 5.79. The quantitative estimate of drug-likeness (QED) is 0.442. The summed E-state index contributed by atoms with van der Waals surface area (Å²) in [5.74, 6) is -0.449. The maximum absolute atomic E-state index is 12.4. The number of aliphatic imine (C=N–C) groups is 1. The number of aromatic nitrogens is 1. The third-order valence-corrected chi connectivity index (χ3v) is 4.97. The molecule has 1 aliphatic carbocycles. The molecule has 0 saturated heterocycles. The summed E-state index contributed by atoms with van der Waals surface area (Å²) in [6.07, 6.45) is 5.63. The number of carbonyl (C=O) groups excluding carboxylic acids is 3. The van der Waals surface area contributed by atoms with Crippen molar-refractivity contribution in [2.24, 2.45) is 15.8 Å². The van der Waals surface area contributed by atoms with Crippen LogP contribution in [0.25, 0.3) is 0 Å². The molecule has 0 spiro atoms. The summed E-state index contributed by atoms with van der Waals surface area (Å²) in [4.78, 5) is 42.4. The van der Waals surface area contributed by atoms with Gasteiger partial charge in [-0.25, -0.2) is 19.4 Å². The fourth-order valence-corrected chi connectivity index (χ4v) is 4.31. The van der Waals surface area contributed by atoms with Crippen molar-refractivity contribution >= 4 is 18.1 Å². The molecule has 8 nitrogen and oxygen atoms in total. The molecule has 0 radical (unpaired) electrons. The van der Waals surface area contributed by atoms with E-state index in [0.29, 0.717) is 17.8 Å². The number of ether oxygens (including phenoxy) is 1. The lowest BCUT2D eigenvalue weighted by Crippen LogP contribution is -2.50. The standard InChI is InChI=1S/C20H28N4O4/c1-19(2)8-16(9-20(3,11-19)12-21-13-25)24-18(27)23-10-15-7-14(5-6-22-15)17(26)28-4/h5-7,16H,8-12H2,1-4H3,(H2,23,24,27). The number of esters is 1. The number of nitrogens with one attached hydrogen (secondary N) is 2.